The fourth-order valence-electron chi connectivity index (χ4n) is 1.86. The van der Waals surface area contributed by atoms with Crippen molar-refractivity contribution in [3.05, 3.63) is 52.7 Å². The lowest BCUT2D eigenvalue weighted by Crippen LogP contribution is -2.06. The van der Waals surface area contributed by atoms with Crippen molar-refractivity contribution in [2.75, 3.05) is 0 Å². The molecule has 1 heterocycles. The van der Waals surface area contributed by atoms with Crippen molar-refractivity contribution in [1.82, 2.24) is 4.98 Å². The zero-order valence-electron chi connectivity index (χ0n) is 12.2. The minimum atomic E-state index is -4.58. The molecule has 0 amide bonds. The Labute approximate surface area is 124 Å². The number of pyridine rings is 1. The van der Waals surface area contributed by atoms with Crippen LogP contribution in [0.5, 0.6) is 0 Å². The monoisotopic (exact) mass is 307 g/mol. The number of nitrogens with zero attached hydrogens (tertiary/aromatic N) is 2. The van der Waals surface area contributed by atoms with Crippen LogP contribution >= 0.6 is 0 Å². The van der Waals surface area contributed by atoms with Gasteiger partial charge in [0.2, 0.25) is 0 Å². The molecule has 1 N–H and O–H groups in total. The van der Waals surface area contributed by atoms with Crippen LogP contribution in [0.3, 0.4) is 0 Å². The van der Waals surface area contributed by atoms with Gasteiger partial charge in [0.15, 0.2) is 0 Å². The molecule has 2 rings (SSSR count). The fourth-order valence-corrected chi connectivity index (χ4v) is 1.86. The Hall–Kier alpha value is -2.88. The van der Waals surface area contributed by atoms with Gasteiger partial charge in [0, 0.05) is 5.56 Å². The van der Waals surface area contributed by atoms with Gasteiger partial charge in [0.25, 0.3) is 0 Å². The van der Waals surface area contributed by atoms with Gasteiger partial charge in [-0.25, -0.2) is 4.79 Å². The maximum Gasteiger partial charge on any atom is 0.416 e. The SMILES string of the molecule is [2H]c1cc(C(F)(F)F)ccc1-c1nc(C)c(C(=O)O)cc1C#N. The number of aryl methyl sites for hydroxylation is 1. The topological polar surface area (TPSA) is 74.0 Å². The molecule has 0 bridgehead atoms. The van der Waals surface area contributed by atoms with Gasteiger partial charge in [-0.3, -0.25) is 4.98 Å². The first-order valence-corrected chi connectivity index (χ1v) is 5.98. The summed E-state index contributed by atoms with van der Waals surface area (Å²) in [4.78, 5) is 15.0. The molecule has 0 fully saturated rings. The van der Waals surface area contributed by atoms with Crippen LogP contribution in [0.15, 0.2) is 30.3 Å². The van der Waals surface area contributed by atoms with E-state index in [0.29, 0.717) is 6.07 Å². The first-order valence-electron chi connectivity index (χ1n) is 6.48. The second-order valence-corrected chi connectivity index (χ2v) is 4.42. The van der Waals surface area contributed by atoms with Crippen LogP contribution in [-0.2, 0) is 6.18 Å². The summed E-state index contributed by atoms with van der Waals surface area (Å²) in [6.07, 6.45) is -4.58. The molecule has 7 heteroatoms. The summed E-state index contributed by atoms with van der Waals surface area (Å²) < 4.78 is 45.7. The third-order valence-electron chi connectivity index (χ3n) is 2.96. The second kappa shape index (κ2) is 5.48. The molecule has 1 aromatic carbocycles. The average Bonchev–Trinajstić information content (AvgIpc) is 2.45. The normalized spacial score (nSPS) is 11.7. The summed E-state index contributed by atoms with van der Waals surface area (Å²) in [6.45, 7) is 1.40. The Morgan fingerprint density at radius 3 is 2.59 bits per heavy atom. The molecule has 0 aliphatic rings. The minimum absolute atomic E-state index is 0.0197. The summed E-state index contributed by atoms with van der Waals surface area (Å²) in [5.41, 5.74) is -1.18. The van der Waals surface area contributed by atoms with Crippen LogP contribution < -0.4 is 0 Å². The van der Waals surface area contributed by atoms with Crippen molar-refractivity contribution >= 4 is 5.97 Å². The third kappa shape index (κ3) is 2.91. The molecule has 2 aromatic rings. The zero-order valence-corrected chi connectivity index (χ0v) is 11.2. The number of benzene rings is 1. The van der Waals surface area contributed by atoms with Gasteiger partial charge >= 0.3 is 12.1 Å². The molecule has 0 unspecified atom stereocenters. The van der Waals surface area contributed by atoms with E-state index in [1.54, 1.807) is 6.07 Å². The lowest BCUT2D eigenvalue weighted by atomic mass is 10.0. The van der Waals surface area contributed by atoms with Gasteiger partial charge in [0.05, 0.1) is 29.4 Å². The number of aromatic carboxylic acids is 1. The summed E-state index contributed by atoms with van der Waals surface area (Å²) >= 11 is 0. The van der Waals surface area contributed by atoms with E-state index >= 15 is 0 Å². The molecular weight excluding hydrogens is 297 g/mol. The molecule has 0 saturated carbocycles. The van der Waals surface area contributed by atoms with Crippen molar-refractivity contribution in [3.8, 4) is 17.3 Å². The number of carboxylic acids is 1. The molecule has 112 valence electrons. The van der Waals surface area contributed by atoms with Crippen LogP contribution in [0.1, 0.15) is 28.5 Å². The standard InChI is InChI=1S/C15H9F3N2O2/c1-8-12(14(21)22)6-10(7-19)13(20-8)9-2-4-11(5-3-9)15(16,17)18/h2-6H,1H3,(H,21,22)/i2D. The van der Waals surface area contributed by atoms with Crippen molar-refractivity contribution < 1.29 is 24.4 Å². The van der Waals surface area contributed by atoms with E-state index in [1.165, 1.54) is 6.92 Å². The van der Waals surface area contributed by atoms with Gasteiger partial charge in [-0.15, -0.1) is 0 Å². The van der Waals surface area contributed by atoms with E-state index in [-0.39, 0.29) is 28.1 Å². The van der Waals surface area contributed by atoms with Gasteiger partial charge in [-0.1, -0.05) is 12.1 Å². The predicted molar refractivity (Wildman–Crippen MR) is 71.1 cm³/mol. The number of carboxylic acid groups (broad SMARTS) is 1. The largest absolute Gasteiger partial charge is 0.478 e. The highest BCUT2D eigenvalue weighted by molar-refractivity contribution is 5.90. The van der Waals surface area contributed by atoms with E-state index in [9.17, 15) is 18.0 Å². The molecule has 0 saturated heterocycles. The lowest BCUT2D eigenvalue weighted by Gasteiger charge is -2.10. The molecule has 1 aromatic heterocycles. The Morgan fingerprint density at radius 1 is 1.41 bits per heavy atom. The highest BCUT2D eigenvalue weighted by Crippen LogP contribution is 2.31. The quantitative estimate of drug-likeness (QED) is 0.919. The zero-order chi connectivity index (χ0) is 17.4. The highest BCUT2D eigenvalue weighted by Gasteiger charge is 2.30. The number of hydrogen-bond acceptors (Lipinski definition) is 3. The number of rotatable bonds is 2. The first kappa shape index (κ1) is 14.1. The Balaban J connectivity index is 2.66. The number of hydrogen-bond donors (Lipinski definition) is 1. The number of halogens is 3. The maximum absolute atomic E-state index is 12.6. The van der Waals surface area contributed by atoms with Crippen LogP contribution in [0, 0.1) is 18.3 Å². The Kier molecular flexibility index (Phi) is 3.51. The molecule has 0 spiro atoms. The van der Waals surface area contributed by atoms with Crippen LogP contribution in [0.4, 0.5) is 13.2 Å². The van der Waals surface area contributed by atoms with Crippen molar-refractivity contribution in [3.63, 3.8) is 0 Å². The summed E-state index contributed by atoms with van der Waals surface area (Å²) in [5, 5.41) is 18.1. The highest BCUT2D eigenvalue weighted by atomic mass is 19.4. The second-order valence-electron chi connectivity index (χ2n) is 4.42. The van der Waals surface area contributed by atoms with Crippen LogP contribution in [0.25, 0.3) is 11.3 Å². The predicted octanol–water partition coefficient (Wildman–Crippen LogP) is 3.65. The average molecular weight is 307 g/mol. The van der Waals surface area contributed by atoms with Crippen molar-refractivity contribution in [2.45, 2.75) is 13.1 Å². The van der Waals surface area contributed by atoms with Crippen molar-refractivity contribution in [1.29, 1.82) is 5.26 Å². The lowest BCUT2D eigenvalue weighted by molar-refractivity contribution is -0.137. The maximum atomic E-state index is 12.6. The van der Waals surface area contributed by atoms with E-state index in [1.807, 2.05) is 0 Å². The first-order chi connectivity index (χ1) is 10.6. The van der Waals surface area contributed by atoms with Gasteiger partial charge in [-0.05, 0) is 25.1 Å². The molecule has 4 nitrogen and oxygen atoms in total. The third-order valence-corrected chi connectivity index (χ3v) is 2.96. The molecule has 0 aliphatic heterocycles. The molecule has 0 aliphatic carbocycles. The Morgan fingerprint density at radius 2 is 2.09 bits per heavy atom. The van der Waals surface area contributed by atoms with E-state index < -0.39 is 23.8 Å². The molecule has 0 radical (unpaired) electrons. The molecular formula is C15H9F3N2O2. The summed E-state index contributed by atoms with van der Waals surface area (Å²) in [7, 11) is 0. The smallest absolute Gasteiger partial charge is 0.416 e. The number of aromatic nitrogens is 1. The molecule has 22 heavy (non-hydrogen) atoms. The summed E-state index contributed by atoms with van der Waals surface area (Å²) in [6, 6.07) is 4.87. The van der Waals surface area contributed by atoms with E-state index in [0.717, 1.165) is 18.2 Å². The van der Waals surface area contributed by atoms with E-state index in [4.69, 9.17) is 11.7 Å². The number of carbonyl (C=O) groups is 1. The van der Waals surface area contributed by atoms with Gasteiger partial charge < -0.3 is 5.11 Å². The fraction of sp³-hybridized carbons (Fsp3) is 0.133. The van der Waals surface area contributed by atoms with Gasteiger partial charge in [-0.2, -0.15) is 18.4 Å². The van der Waals surface area contributed by atoms with Gasteiger partial charge in [0.1, 0.15) is 6.07 Å². The molecule has 0 atom stereocenters. The van der Waals surface area contributed by atoms with E-state index in [2.05, 4.69) is 4.98 Å². The summed E-state index contributed by atoms with van der Waals surface area (Å²) in [5.74, 6) is -1.27. The van der Waals surface area contributed by atoms with Crippen LogP contribution in [0.2, 0.25) is 0 Å². The van der Waals surface area contributed by atoms with Crippen molar-refractivity contribution in [2.24, 2.45) is 0 Å². The van der Waals surface area contributed by atoms with Crippen LogP contribution in [-0.4, -0.2) is 16.1 Å². The number of nitriles is 1. The minimum Gasteiger partial charge on any atom is -0.478 e. The number of alkyl halides is 3. The Bertz CT molecular complexity index is 842.